The van der Waals surface area contributed by atoms with Crippen molar-refractivity contribution < 1.29 is 48.6 Å². The quantitative estimate of drug-likeness (QED) is 0.0310. The Hall–Kier alpha value is -4.50. The molecule has 0 bridgehead atoms. The van der Waals surface area contributed by atoms with Gasteiger partial charge in [0.1, 0.15) is 30.2 Å². The monoisotopic (exact) mass is 785 g/mol. The fourth-order valence-electron chi connectivity index (χ4n) is 6.69. The summed E-state index contributed by atoms with van der Waals surface area (Å²) in [5.74, 6) is -4.09. The highest BCUT2D eigenvalue weighted by molar-refractivity contribution is 5.95. The number of carbonyl (C=O) groups excluding carboxylic acids is 5. The highest BCUT2D eigenvalue weighted by atomic mass is 16.5. The van der Waals surface area contributed by atoms with E-state index in [0.29, 0.717) is 55.1 Å². The van der Waals surface area contributed by atoms with Gasteiger partial charge in [0.05, 0.1) is 11.5 Å². The molecule has 15 heteroatoms. The third-order valence-electron chi connectivity index (χ3n) is 10.2. The maximum atomic E-state index is 13.9. The van der Waals surface area contributed by atoms with Gasteiger partial charge >= 0.3 is 5.97 Å². The van der Waals surface area contributed by atoms with Crippen LogP contribution in [0.25, 0.3) is 11.5 Å². The summed E-state index contributed by atoms with van der Waals surface area (Å²) in [4.78, 5) is 69.4. The van der Waals surface area contributed by atoms with Gasteiger partial charge in [0.15, 0.2) is 5.69 Å². The zero-order valence-corrected chi connectivity index (χ0v) is 33.4. The van der Waals surface area contributed by atoms with Crippen LogP contribution in [0.3, 0.4) is 0 Å². The van der Waals surface area contributed by atoms with Crippen molar-refractivity contribution in [2.45, 2.75) is 155 Å². The van der Waals surface area contributed by atoms with Crippen molar-refractivity contribution in [3.63, 3.8) is 0 Å². The van der Waals surface area contributed by atoms with Gasteiger partial charge in [-0.05, 0) is 63.5 Å². The summed E-state index contributed by atoms with van der Waals surface area (Å²) in [5, 5.41) is 36.7. The number of benzene rings is 1. The van der Waals surface area contributed by atoms with E-state index in [1.54, 1.807) is 25.1 Å². The average molecular weight is 786 g/mol. The molecule has 5 N–H and O–H groups in total. The molecular weight excluding hydrogens is 722 g/mol. The number of phenols is 1. The Morgan fingerprint density at radius 1 is 0.964 bits per heavy atom. The first-order valence-electron chi connectivity index (χ1n) is 20.5. The maximum absolute atomic E-state index is 13.9. The molecule has 1 aliphatic heterocycles. The van der Waals surface area contributed by atoms with Gasteiger partial charge in [-0.15, -0.1) is 0 Å². The fourth-order valence-corrected chi connectivity index (χ4v) is 6.69. The van der Waals surface area contributed by atoms with Crippen LogP contribution in [0, 0.1) is 5.92 Å². The summed E-state index contributed by atoms with van der Waals surface area (Å²) in [6.45, 7) is 5.26. The number of phenolic OH excluding ortho intramolecular Hbond substituents is 1. The van der Waals surface area contributed by atoms with Crippen LogP contribution in [0.2, 0.25) is 0 Å². The van der Waals surface area contributed by atoms with Crippen LogP contribution in [-0.4, -0.2) is 91.5 Å². The lowest BCUT2D eigenvalue weighted by Gasteiger charge is -2.28. The standard InChI is InChI=1S/C41H63N5O10/c1-4-5-6-7-8-9-10-11-12-13-14-25-36(29(2)37(49)42-32-22-17-20-27-46(54)40(32)51)56-41(52)33(23-18-19-26-45(53)30(3)47)43-38(50)34-28-55-39(44-34)31-21-15-16-24-35(31)48/h15-16,21,24,28-29,32-33,36,48,53-54H,4-14,17-20,22-23,25-27H2,1-3H3,(H,42,49)(H,43,50)/t29-,32-,33+,36+/m1/s1. The normalized spacial score (nSPS) is 16.1. The summed E-state index contributed by atoms with van der Waals surface area (Å²) in [6, 6.07) is 4.23. The molecule has 1 aliphatic rings. The molecule has 2 aromatic rings. The van der Waals surface area contributed by atoms with Gasteiger partial charge in [-0.2, -0.15) is 0 Å². The van der Waals surface area contributed by atoms with E-state index in [1.807, 2.05) is 0 Å². The van der Waals surface area contributed by atoms with E-state index in [0.717, 1.165) is 31.9 Å². The van der Waals surface area contributed by atoms with E-state index in [9.17, 15) is 39.5 Å². The Morgan fingerprint density at radius 2 is 1.61 bits per heavy atom. The van der Waals surface area contributed by atoms with Crippen molar-refractivity contribution in [3.05, 3.63) is 36.2 Å². The molecule has 0 radical (unpaired) electrons. The number of hydrogen-bond donors (Lipinski definition) is 5. The number of nitrogens with one attached hydrogen (secondary N) is 2. The molecule has 4 amide bonds. The summed E-state index contributed by atoms with van der Waals surface area (Å²) < 4.78 is 11.5. The number of aromatic hydroxyl groups is 1. The van der Waals surface area contributed by atoms with Gasteiger partial charge in [-0.1, -0.05) is 90.2 Å². The van der Waals surface area contributed by atoms with E-state index in [2.05, 4.69) is 22.5 Å². The molecule has 15 nitrogen and oxygen atoms in total. The number of rotatable bonds is 25. The number of carbonyl (C=O) groups is 5. The minimum Gasteiger partial charge on any atom is -0.507 e. The van der Waals surface area contributed by atoms with Crippen molar-refractivity contribution in [2.24, 2.45) is 5.92 Å². The van der Waals surface area contributed by atoms with Crippen molar-refractivity contribution in [2.75, 3.05) is 13.1 Å². The smallest absolute Gasteiger partial charge is 0.328 e. The van der Waals surface area contributed by atoms with Crippen LogP contribution in [0.5, 0.6) is 5.75 Å². The van der Waals surface area contributed by atoms with Gasteiger partial charge < -0.3 is 24.9 Å². The van der Waals surface area contributed by atoms with Crippen molar-refractivity contribution in [3.8, 4) is 17.2 Å². The van der Waals surface area contributed by atoms with Gasteiger partial charge in [-0.3, -0.25) is 29.6 Å². The van der Waals surface area contributed by atoms with Crippen molar-refractivity contribution >= 4 is 29.6 Å². The predicted molar refractivity (Wildman–Crippen MR) is 207 cm³/mol. The second kappa shape index (κ2) is 24.9. The van der Waals surface area contributed by atoms with Gasteiger partial charge in [0.25, 0.3) is 11.8 Å². The Labute approximate surface area is 330 Å². The molecule has 0 spiro atoms. The summed E-state index contributed by atoms with van der Waals surface area (Å²) in [7, 11) is 0. The van der Waals surface area contributed by atoms with Gasteiger partial charge in [0, 0.05) is 20.0 Å². The average Bonchev–Trinajstić information content (AvgIpc) is 3.62. The van der Waals surface area contributed by atoms with Crippen LogP contribution >= 0.6 is 0 Å². The van der Waals surface area contributed by atoms with Gasteiger partial charge in [0.2, 0.25) is 17.7 Å². The minimum atomic E-state index is -1.20. The third kappa shape index (κ3) is 15.6. The largest absolute Gasteiger partial charge is 0.507 e. The van der Waals surface area contributed by atoms with E-state index in [-0.39, 0.29) is 42.4 Å². The van der Waals surface area contributed by atoms with Crippen LogP contribution in [0.4, 0.5) is 0 Å². The number of unbranched alkanes of at least 4 members (excludes halogenated alkanes) is 11. The first kappa shape index (κ1) is 45.9. The van der Waals surface area contributed by atoms with Crippen molar-refractivity contribution in [1.82, 2.24) is 25.7 Å². The Morgan fingerprint density at radius 3 is 2.27 bits per heavy atom. The lowest BCUT2D eigenvalue weighted by molar-refractivity contribution is -0.167. The topological polar surface area (TPSA) is 212 Å². The van der Waals surface area contributed by atoms with E-state index in [4.69, 9.17) is 9.15 Å². The van der Waals surface area contributed by atoms with E-state index < -0.39 is 53.7 Å². The van der Waals surface area contributed by atoms with Crippen molar-refractivity contribution in [1.29, 1.82) is 0 Å². The molecule has 1 fully saturated rings. The Kier molecular flexibility index (Phi) is 20.4. The fraction of sp³-hybridized carbons (Fsp3) is 0.659. The number of hydroxylamine groups is 4. The number of hydrogen-bond acceptors (Lipinski definition) is 11. The summed E-state index contributed by atoms with van der Waals surface area (Å²) >= 11 is 0. The number of esters is 1. The molecular formula is C41H63N5O10. The molecule has 1 saturated heterocycles. The lowest BCUT2D eigenvalue weighted by Crippen LogP contribution is -2.50. The van der Waals surface area contributed by atoms with Crippen LogP contribution < -0.4 is 10.6 Å². The molecule has 312 valence electrons. The van der Waals surface area contributed by atoms with E-state index >= 15 is 0 Å². The molecule has 2 heterocycles. The Balaban J connectivity index is 1.72. The number of para-hydroxylation sites is 1. The predicted octanol–water partition coefficient (Wildman–Crippen LogP) is 6.69. The minimum absolute atomic E-state index is 0.00277. The number of oxazole rings is 1. The molecule has 0 unspecified atom stereocenters. The third-order valence-corrected chi connectivity index (χ3v) is 10.2. The number of aromatic nitrogens is 1. The molecule has 56 heavy (non-hydrogen) atoms. The molecule has 0 saturated carbocycles. The Bertz CT molecular complexity index is 1530. The zero-order chi connectivity index (χ0) is 40.9. The van der Waals surface area contributed by atoms with Crippen LogP contribution in [0.15, 0.2) is 34.9 Å². The molecule has 1 aromatic carbocycles. The molecule has 1 aromatic heterocycles. The van der Waals surface area contributed by atoms with Crippen LogP contribution in [0.1, 0.15) is 147 Å². The summed E-state index contributed by atoms with van der Waals surface area (Å²) in [6.07, 6.45) is 15.2. The molecule has 4 atom stereocenters. The number of amides is 4. The number of ether oxygens (including phenoxy) is 1. The highest BCUT2D eigenvalue weighted by Gasteiger charge is 2.34. The second-order valence-corrected chi connectivity index (χ2v) is 14.8. The molecule has 3 rings (SSSR count). The SMILES string of the molecule is CCCCCCCCCCCCC[C@H](OC(=O)[C@H](CCCCN(O)C(C)=O)NC(=O)c1coc(-c2ccccc2O)n1)[C@@H](C)C(=O)N[C@@H]1CCCCN(O)C1=O. The molecule has 0 aliphatic carbocycles. The summed E-state index contributed by atoms with van der Waals surface area (Å²) in [5.41, 5.74) is 0.131. The first-order valence-corrected chi connectivity index (χ1v) is 20.5. The second-order valence-electron chi connectivity index (χ2n) is 14.8. The first-order chi connectivity index (χ1) is 26.9. The maximum Gasteiger partial charge on any atom is 0.328 e. The van der Waals surface area contributed by atoms with E-state index in [1.165, 1.54) is 51.5 Å². The lowest BCUT2D eigenvalue weighted by atomic mass is 9.96. The zero-order valence-electron chi connectivity index (χ0n) is 33.4. The highest BCUT2D eigenvalue weighted by Crippen LogP contribution is 2.28. The van der Waals surface area contributed by atoms with Gasteiger partial charge in [-0.25, -0.2) is 19.9 Å². The number of nitrogens with zero attached hydrogens (tertiary/aromatic N) is 3. The van der Waals surface area contributed by atoms with Crippen LogP contribution in [-0.2, 0) is 23.9 Å².